The smallest absolute Gasteiger partial charge is 0.323 e. The van der Waals surface area contributed by atoms with Crippen LogP contribution in [0.4, 0.5) is 15.6 Å². The molecule has 1 fully saturated rings. The monoisotopic (exact) mass is 372 g/mol. The van der Waals surface area contributed by atoms with E-state index in [1.54, 1.807) is 0 Å². The number of fused-ring (bicyclic) bond motifs is 1. The summed E-state index contributed by atoms with van der Waals surface area (Å²) in [6.07, 6.45) is 0. The molecule has 0 aliphatic carbocycles. The molecule has 1 N–H and O–H groups in total. The fraction of sp³-hybridized carbons (Fsp3) is 0.222. The molecule has 0 atom stereocenters. The lowest BCUT2D eigenvalue weighted by atomic mass is 10.2. The molecule has 0 spiro atoms. The Balaban J connectivity index is 1.37. The molecule has 1 saturated heterocycles. The van der Waals surface area contributed by atoms with Gasteiger partial charge in [-0.25, -0.2) is 9.78 Å². The number of thiazole rings is 1. The van der Waals surface area contributed by atoms with Gasteiger partial charge in [0.1, 0.15) is 0 Å². The van der Waals surface area contributed by atoms with E-state index in [2.05, 4.69) is 15.2 Å². The number of benzene rings is 2. The fourth-order valence-corrected chi connectivity index (χ4v) is 3.98. The summed E-state index contributed by atoms with van der Waals surface area (Å²) in [5.41, 5.74) is 2.01. The van der Waals surface area contributed by atoms with Crippen LogP contribution in [0, 0.1) is 0 Å². The summed E-state index contributed by atoms with van der Waals surface area (Å²) < 4.78 is 1.07. The van der Waals surface area contributed by atoms with Gasteiger partial charge < -0.3 is 9.80 Å². The molecular weight excluding hydrogens is 356 g/mol. The molecule has 3 aromatic rings. The maximum Gasteiger partial charge on any atom is 0.323 e. The molecule has 0 saturated carbocycles. The molecule has 2 aromatic carbocycles. The van der Waals surface area contributed by atoms with Gasteiger partial charge in [0.15, 0.2) is 5.13 Å². The number of amides is 2. The van der Waals surface area contributed by atoms with Gasteiger partial charge in [0.05, 0.1) is 10.2 Å². The summed E-state index contributed by atoms with van der Waals surface area (Å²) in [6, 6.07) is 15.6. The summed E-state index contributed by atoms with van der Waals surface area (Å²) in [6.45, 7) is 2.91. The summed E-state index contributed by atoms with van der Waals surface area (Å²) in [5.74, 6) is 0. The average Bonchev–Trinajstić information content (AvgIpc) is 3.04. The second-order valence-electron chi connectivity index (χ2n) is 5.87. The Morgan fingerprint density at radius 3 is 2.64 bits per heavy atom. The van der Waals surface area contributed by atoms with E-state index < -0.39 is 0 Å². The third kappa shape index (κ3) is 3.55. The van der Waals surface area contributed by atoms with Gasteiger partial charge in [0, 0.05) is 36.9 Å². The predicted octanol–water partition coefficient (Wildman–Crippen LogP) is 4.30. The Labute approximate surface area is 154 Å². The minimum Gasteiger partial charge on any atom is -0.368 e. The quantitative estimate of drug-likeness (QED) is 0.729. The number of carbonyl (C=O) groups excluding carboxylic acids is 1. The number of nitrogens with zero attached hydrogens (tertiary/aromatic N) is 3. The van der Waals surface area contributed by atoms with E-state index in [-0.39, 0.29) is 6.03 Å². The van der Waals surface area contributed by atoms with Crippen molar-refractivity contribution >= 4 is 50.0 Å². The molecule has 1 aliphatic rings. The van der Waals surface area contributed by atoms with Gasteiger partial charge in [0.2, 0.25) is 0 Å². The van der Waals surface area contributed by atoms with E-state index in [0.29, 0.717) is 18.2 Å². The zero-order valence-corrected chi connectivity index (χ0v) is 15.1. The zero-order valence-electron chi connectivity index (χ0n) is 13.5. The Kier molecular flexibility index (Phi) is 4.46. The highest BCUT2D eigenvalue weighted by atomic mass is 35.5. The number of hydrogen-bond acceptors (Lipinski definition) is 4. The SMILES string of the molecule is O=C(Nc1nc2ccccc2s1)N1CCN(c2cccc(Cl)c2)CC1. The molecular formula is C18H17ClN4OS. The highest BCUT2D eigenvalue weighted by Crippen LogP contribution is 2.26. The van der Waals surface area contributed by atoms with Gasteiger partial charge in [-0.15, -0.1) is 0 Å². The molecule has 2 heterocycles. The standard InChI is InChI=1S/C18H17ClN4OS/c19-13-4-3-5-14(12-13)22-8-10-23(11-9-22)18(24)21-17-20-15-6-1-2-7-16(15)25-17/h1-7,12H,8-11H2,(H,20,21,24). The van der Waals surface area contributed by atoms with E-state index >= 15 is 0 Å². The van der Waals surface area contributed by atoms with Crippen LogP contribution in [0.5, 0.6) is 0 Å². The Morgan fingerprint density at radius 1 is 1.08 bits per heavy atom. The van der Waals surface area contributed by atoms with Crippen LogP contribution in [-0.4, -0.2) is 42.1 Å². The van der Waals surface area contributed by atoms with Crippen molar-refractivity contribution in [1.29, 1.82) is 0 Å². The molecule has 25 heavy (non-hydrogen) atoms. The number of piperazine rings is 1. The maximum absolute atomic E-state index is 12.5. The van der Waals surface area contributed by atoms with Crippen molar-refractivity contribution in [2.75, 3.05) is 36.4 Å². The van der Waals surface area contributed by atoms with E-state index in [4.69, 9.17) is 11.6 Å². The van der Waals surface area contributed by atoms with Crippen LogP contribution < -0.4 is 10.2 Å². The van der Waals surface area contributed by atoms with Gasteiger partial charge in [-0.05, 0) is 30.3 Å². The van der Waals surface area contributed by atoms with E-state index in [0.717, 1.165) is 34.0 Å². The molecule has 7 heteroatoms. The van der Waals surface area contributed by atoms with Crippen LogP contribution in [0.15, 0.2) is 48.5 Å². The van der Waals surface area contributed by atoms with Crippen LogP contribution >= 0.6 is 22.9 Å². The first-order chi connectivity index (χ1) is 12.2. The van der Waals surface area contributed by atoms with Crippen molar-refractivity contribution in [2.24, 2.45) is 0 Å². The maximum atomic E-state index is 12.5. The van der Waals surface area contributed by atoms with Crippen LogP contribution in [0.1, 0.15) is 0 Å². The largest absolute Gasteiger partial charge is 0.368 e. The van der Waals surface area contributed by atoms with Crippen LogP contribution in [0.3, 0.4) is 0 Å². The predicted molar refractivity (Wildman–Crippen MR) is 104 cm³/mol. The molecule has 0 unspecified atom stereocenters. The van der Waals surface area contributed by atoms with Gasteiger partial charge in [-0.3, -0.25) is 5.32 Å². The molecule has 128 valence electrons. The van der Waals surface area contributed by atoms with Crippen molar-refractivity contribution in [3.8, 4) is 0 Å². The fourth-order valence-electron chi connectivity index (χ4n) is 2.94. The molecule has 0 radical (unpaired) electrons. The van der Waals surface area contributed by atoms with Crippen LogP contribution in [0.25, 0.3) is 10.2 Å². The third-order valence-corrected chi connectivity index (χ3v) is 5.43. The zero-order chi connectivity index (χ0) is 17.2. The highest BCUT2D eigenvalue weighted by Gasteiger charge is 2.22. The third-order valence-electron chi connectivity index (χ3n) is 4.25. The van der Waals surface area contributed by atoms with Crippen molar-refractivity contribution in [3.05, 3.63) is 53.6 Å². The first-order valence-corrected chi connectivity index (χ1v) is 9.30. The second kappa shape index (κ2) is 6.90. The number of para-hydroxylation sites is 1. The number of anilines is 2. The first-order valence-electron chi connectivity index (χ1n) is 8.11. The molecule has 0 bridgehead atoms. The van der Waals surface area contributed by atoms with E-state index in [9.17, 15) is 4.79 Å². The summed E-state index contributed by atoms with van der Waals surface area (Å²) >= 11 is 7.55. The molecule has 2 amide bonds. The highest BCUT2D eigenvalue weighted by molar-refractivity contribution is 7.22. The van der Waals surface area contributed by atoms with Gasteiger partial charge in [-0.2, -0.15) is 0 Å². The van der Waals surface area contributed by atoms with E-state index in [1.807, 2.05) is 53.4 Å². The van der Waals surface area contributed by atoms with Crippen LogP contribution in [-0.2, 0) is 0 Å². The molecule has 1 aromatic heterocycles. The number of carbonyl (C=O) groups is 1. The Bertz CT molecular complexity index is 872. The first kappa shape index (κ1) is 16.2. The Morgan fingerprint density at radius 2 is 1.88 bits per heavy atom. The topological polar surface area (TPSA) is 48.5 Å². The van der Waals surface area contributed by atoms with Crippen molar-refractivity contribution in [1.82, 2.24) is 9.88 Å². The number of aromatic nitrogens is 1. The number of urea groups is 1. The van der Waals surface area contributed by atoms with Crippen molar-refractivity contribution in [2.45, 2.75) is 0 Å². The Hall–Kier alpha value is -2.31. The normalized spacial score (nSPS) is 14.8. The van der Waals surface area contributed by atoms with Gasteiger partial charge >= 0.3 is 6.03 Å². The molecule has 4 rings (SSSR count). The van der Waals surface area contributed by atoms with Crippen molar-refractivity contribution < 1.29 is 4.79 Å². The van der Waals surface area contributed by atoms with Gasteiger partial charge in [0.25, 0.3) is 0 Å². The number of nitrogens with one attached hydrogen (secondary N) is 1. The number of halogens is 1. The number of rotatable bonds is 2. The minimum absolute atomic E-state index is 0.0928. The van der Waals surface area contributed by atoms with Crippen molar-refractivity contribution in [3.63, 3.8) is 0 Å². The molecule has 5 nitrogen and oxygen atoms in total. The second-order valence-corrected chi connectivity index (χ2v) is 7.34. The molecule has 1 aliphatic heterocycles. The lowest BCUT2D eigenvalue weighted by Gasteiger charge is -2.35. The minimum atomic E-state index is -0.0928. The van der Waals surface area contributed by atoms with E-state index in [1.165, 1.54) is 11.3 Å². The lowest BCUT2D eigenvalue weighted by Crippen LogP contribution is -2.50. The summed E-state index contributed by atoms with van der Waals surface area (Å²) in [4.78, 5) is 21.0. The summed E-state index contributed by atoms with van der Waals surface area (Å²) in [5, 5.41) is 4.29. The summed E-state index contributed by atoms with van der Waals surface area (Å²) in [7, 11) is 0. The average molecular weight is 373 g/mol. The van der Waals surface area contributed by atoms with Gasteiger partial charge in [-0.1, -0.05) is 41.1 Å². The van der Waals surface area contributed by atoms with Crippen LogP contribution in [0.2, 0.25) is 5.02 Å². The number of hydrogen-bond donors (Lipinski definition) is 1. The lowest BCUT2D eigenvalue weighted by molar-refractivity contribution is 0.208.